The summed E-state index contributed by atoms with van der Waals surface area (Å²) in [6.45, 7) is 1.34. The van der Waals surface area contributed by atoms with Crippen LogP contribution >= 0.6 is 12.4 Å². The minimum atomic E-state index is -0.281. The van der Waals surface area contributed by atoms with E-state index in [4.69, 9.17) is 0 Å². The molecule has 0 aliphatic carbocycles. The summed E-state index contributed by atoms with van der Waals surface area (Å²) >= 11 is 0. The Morgan fingerprint density at radius 2 is 1.86 bits per heavy atom. The van der Waals surface area contributed by atoms with Crippen molar-refractivity contribution in [1.29, 1.82) is 0 Å². The van der Waals surface area contributed by atoms with Gasteiger partial charge in [-0.25, -0.2) is 4.79 Å². The molecular formula is C15H20ClN3O2. The number of carbonyl (C=O) groups is 2. The van der Waals surface area contributed by atoms with E-state index in [1.807, 2.05) is 29.2 Å². The zero-order valence-corrected chi connectivity index (χ0v) is 13.1. The number of hydrogen-bond acceptors (Lipinski definition) is 2. The maximum atomic E-state index is 12.1. The molecule has 1 spiro atoms. The lowest BCUT2D eigenvalue weighted by atomic mass is 9.82. The van der Waals surface area contributed by atoms with Crippen LogP contribution in [0.3, 0.4) is 0 Å². The number of urea groups is 1. The molecule has 1 aromatic carbocycles. The molecule has 0 atom stereocenters. The maximum Gasteiger partial charge on any atom is 0.319 e. The second-order valence-electron chi connectivity index (χ2n) is 5.75. The molecule has 21 heavy (non-hydrogen) atoms. The predicted octanol–water partition coefficient (Wildman–Crippen LogP) is 1.82. The summed E-state index contributed by atoms with van der Waals surface area (Å²) in [5.74, 6) is 0.00739. The van der Waals surface area contributed by atoms with E-state index in [0.29, 0.717) is 13.1 Å². The lowest BCUT2D eigenvalue weighted by molar-refractivity contribution is 0.0871. The minimum Gasteiger partial charge on any atom is -0.342 e. The zero-order chi connectivity index (χ0) is 14.3. The van der Waals surface area contributed by atoms with Crippen molar-refractivity contribution in [3.63, 3.8) is 0 Å². The molecule has 2 heterocycles. The molecule has 0 radical (unpaired) electrons. The monoisotopic (exact) mass is 309 g/mol. The summed E-state index contributed by atoms with van der Waals surface area (Å²) in [6.07, 6.45) is 1.55. The van der Waals surface area contributed by atoms with Crippen molar-refractivity contribution >= 4 is 24.3 Å². The molecule has 1 fully saturated rings. The Labute approximate surface area is 130 Å². The van der Waals surface area contributed by atoms with Crippen LogP contribution in [0.25, 0.3) is 0 Å². The number of nitrogens with zero attached hydrogens (tertiary/aromatic N) is 2. The van der Waals surface area contributed by atoms with Crippen LogP contribution in [0, 0.1) is 0 Å². The number of halogens is 1. The van der Waals surface area contributed by atoms with Crippen LogP contribution in [-0.4, -0.2) is 48.9 Å². The molecule has 0 aromatic heterocycles. The molecule has 1 saturated heterocycles. The second kappa shape index (κ2) is 5.56. The molecule has 3 rings (SSSR count). The van der Waals surface area contributed by atoms with Gasteiger partial charge in [-0.15, -0.1) is 12.4 Å². The number of benzene rings is 1. The topological polar surface area (TPSA) is 52.7 Å². The summed E-state index contributed by atoms with van der Waals surface area (Å²) in [5.41, 5.74) is 1.58. The second-order valence-corrected chi connectivity index (χ2v) is 5.75. The Hall–Kier alpha value is -1.75. The first kappa shape index (κ1) is 15.6. The van der Waals surface area contributed by atoms with Crippen LogP contribution in [0.5, 0.6) is 0 Å². The molecule has 2 aliphatic rings. The first-order chi connectivity index (χ1) is 9.53. The van der Waals surface area contributed by atoms with E-state index in [1.165, 1.54) is 0 Å². The van der Waals surface area contributed by atoms with Crippen molar-refractivity contribution in [1.82, 2.24) is 15.1 Å². The highest BCUT2D eigenvalue weighted by Gasteiger charge is 2.45. The Kier molecular flexibility index (Phi) is 4.14. The van der Waals surface area contributed by atoms with Crippen LogP contribution < -0.4 is 5.32 Å². The molecule has 3 amide bonds. The summed E-state index contributed by atoms with van der Waals surface area (Å²) in [4.78, 5) is 27.5. The van der Waals surface area contributed by atoms with Crippen molar-refractivity contribution in [3.05, 3.63) is 35.4 Å². The lowest BCUT2D eigenvalue weighted by Crippen LogP contribution is -2.52. The molecule has 6 heteroatoms. The fourth-order valence-electron chi connectivity index (χ4n) is 3.21. The minimum absolute atomic E-state index is 0. The smallest absolute Gasteiger partial charge is 0.319 e. The normalized spacial score (nSPS) is 18.8. The SMILES string of the molecule is CN(C)C(=O)N1CCC2(CC1)NC(=O)c1ccccc12.Cl. The highest BCUT2D eigenvalue weighted by Crippen LogP contribution is 2.39. The van der Waals surface area contributed by atoms with E-state index < -0.39 is 0 Å². The van der Waals surface area contributed by atoms with Gasteiger partial charge in [0.05, 0.1) is 5.54 Å². The van der Waals surface area contributed by atoms with E-state index in [2.05, 4.69) is 5.32 Å². The summed E-state index contributed by atoms with van der Waals surface area (Å²) in [5, 5.41) is 3.13. The van der Waals surface area contributed by atoms with Crippen molar-refractivity contribution in [2.24, 2.45) is 0 Å². The Bertz CT molecular complexity index is 566. The van der Waals surface area contributed by atoms with Crippen molar-refractivity contribution in [2.75, 3.05) is 27.2 Å². The Morgan fingerprint density at radius 3 is 2.48 bits per heavy atom. The fraction of sp³-hybridized carbons (Fsp3) is 0.467. The van der Waals surface area contributed by atoms with Crippen molar-refractivity contribution in [2.45, 2.75) is 18.4 Å². The van der Waals surface area contributed by atoms with E-state index in [1.54, 1.807) is 19.0 Å². The third kappa shape index (κ3) is 2.46. The largest absolute Gasteiger partial charge is 0.342 e. The standard InChI is InChI=1S/C15H19N3O2.ClH/c1-17(2)14(20)18-9-7-15(8-10-18)12-6-4-3-5-11(12)13(19)16-15;/h3-6H,7-10H2,1-2H3,(H,16,19);1H. The Morgan fingerprint density at radius 1 is 1.24 bits per heavy atom. The predicted molar refractivity (Wildman–Crippen MR) is 82.7 cm³/mol. The van der Waals surface area contributed by atoms with Gasteiger partial charge in [0.2, 0.25) is 0 Å². The average Bonchev–Trinajstić information content (AvgIpc) is 2.72. The highest BCUT2D eigenvalue weighted by atomic mass is 35.5. The lowest BCUT2D eigenvalue weighted by Gasteiger charge is -2.40. The fourth-order valence-corrected chi connectivity index (χ4v) is 3.21. The quantitative estimate of drug-likeness (QED) is 0.795. The summed E-state index contributed by atoms with van der Waals surface area (Å²) in [6, 6.07) is 7.80. The molecule has 0 bridgehead atoms. The molecule has 114 valence electrons. The first-order valence-corrected chi connectivity index (χ1v) is 6.92. The van der Waals surface area contributed by atoms with Gasteiger partial charge in [-0.1, -0.05) is 18.2 Å². The number of hydrogen-bond donors (Lipinski definition) is 1. The molecule has 1 aromatic rings. The molecule has 5 nitrogen and oxygen atoms in total. The van der Waals surface area contributed by atoms with Gasteiger partial charge in [-0.3, -0.25) is 4.79 Å². The number of fused-ring (bicyclic) bond motifs is 2. The van der Waals surface area contributed by atoms with E-state index in [0.717, 1.165) is 24.0 Å². The van der Waals surface area contributed by atoms with Crippen LogP contribution in [-0.2, 0) is 5.54 Å². The summed E-state index contributed by atoms with van der Waals surface area (Å²) in [7, 11) is 3.53. The number of piperidine rings is 1. The van der Waals surface area contributed by atoms with E-state index in [9.17, 15) is 9.59 Å². The number of rotatable bonds is 0. The third-order valence-corrected chi connectivity index (χ3v) is 4.31. The number of amides is 3. The number of likely N-dealkylation sites (tertiary alicyclic amines) is 1. The van der Waals surface area contributed by atoms with Crippen LogP contribution in [0.4, 0.5) is 4.79 Å². The Balaban J connectivity index is 0.00000161. The molecule has 2 aliphatic heterocycles. The maximum absolute atomic E-state index is 12.1. The number of carbonyl (C=O) groups excluding carboxylic acids is 2. The van der Waals surface area contributed by atoms with Gasteiger partial charge < -0.3 is 15.1 Å². The van der Waals surface area contributed by atoms with Gasteiger partial charge in [0.1, 0.15) is 0 Å². The summed E-state index contributed by atoms with van der Waals surface area (Å²) < 4.78 is 0. The van der Waals surface area contributed by atoms with Gasteiger partial charge in [0.25, 0.3) is 5.91 Å². The molecule has 0 saturated carbocycles. The van der Waals surface area contributed by atoms with Gasteiger partial charge >= 0.3 is 6.03 Å². The molecule has 0 unspecified atom stereocenters. The van der Waals surface area contributed by atoms with E-state index >= 15 is 0 Å². The van der Waals surface area contributed by atoms with Crippen molar-refractivity contribution < 1.29 is 9.59 Å². The highest BCUT2D eigenvalue weighted by molar-refractivity contribution is 6.00. The van der Waals surface area contributed by atoms with Gasteiger partial charge in [-0.2, -0.15) is 0 Å². The van der Waals surface area contributed by atoms with Crippen LogP contribution in [0.2, 0.25) is 0 Å². The zero-order valence-electron chi connectivity index (χ0n) is 12.3. The van der Waals surface area contributed by atoms with E-state index in [-0.39, 0.29) is 29.9 Å². The molecular weight excluding hydrogens is 290 g/mol. The average molecular weight is 310 g/mol. The third-order valence-electron chi connectivity index (χ3n) is 4.31. The van der Waals surface area contributed by atoms with Crippen LogP contribution in [0.1, 0.15) is 28.8 Å². The molecule has 1 N–H and O–H groups in total. The number of nitrogens with one attached hydrogen (secondary N) is 1. The van der Waals surface area contributed by atoms with Crippen molar-refractivity contribution in [3.8, 4) is 0 Å². The van der Waals surface area contributed by atoms with Gasteiger partial charge in [0, 0.05) is 32.7 Å². The van der Waals surface area contributed by atoms with Crippen LogP contribution in [0.15, 0.2) is 24.3 Å². The van der Waals surface area contributed by atoms with Gasteiger partial charge in [0.15, 0.2) is 0 Å². The van der Waals surface area contributed by atoms with Gasteiger partial charge in [-0.05, 0) is 24.5 Å². The first-order valence-electron chi connectivity index (χ1n) is 6.92.